The molecule has 1 aliphatic rings. The van der Waals surface area contributed by atoms with Crippen LogP contribution in [0.4, 0.5) is 0 Å². The molecule has 130 valence electrons. The summed E-state index contributed by atoms with van der Waals surface area (Å²) in [7, 11) is 3.25. The van der Waals surface area contributed by atoms with E-state index in [1.54, 1.807) is 37.7 Å². The van der Waals surface area contributed by atoms with Crippen LogP contribution < -0.4 is 9.47 Å². The number of methoxy groups -OCH3 is 2. The van der Waals surface area contributed by atoms with E-state index in [1.165, 1.54) is 11.3 Å². The number of aliphatic imine (C=N–C) groups is 1. The van der Waals surface area contributed by atoms with E-state index in [1.807, 2.05) is 22.7 Å². The minimum absolute atomic E-state index is 0.679. The highest BCUT2D eigenvalue weighted by Gasteiger charge is 2.16. The van der Waals surface area contributed by atoms with Crippen molar-refractivity contribution in [2.75, 3.05) is 26.5 Å². The van der Waals surface area contributed by atoms with Gasteiger partial charge in [0.1, 0.15) is 9.38 Å². The maximum absolute atomic E-state index is 5.37. The Balaban J connectivity index is 1.61. The van der Waals surface area contributed by atoms with E-state index >= 15 is 0 Å². The largest absolute Gasteiger partial charge is 0.493 e. The van der Waals surface area contributed by atoms with Gasteiger partial charge in [0.25, 0.3) is 0 Å². The van der Waals surface area contributed by atoms with Crippen molar-refractivity contribution in [3.05, 3.63) is 24.0 Å². The lowest BCUT2D eigenvalue weighted by molar-refractivity contribution is 0.355. The van der Waals surface area contributed by atoms with E-state index in [9.17, 15) is 0 Å². The van der Waals surface area contributed by atoms with Gasteiger partial charge in [0.2, 0.25) is 4.96 Å². The highest BCUT2D eigenvalue weighted by molar-refractivity contribution is 8.38. The number of aromatic nitrogens is 4. The Hall–Kier alpha value is -1.78. The zero-order chi connectivity index (χ0) is 17.2. The highest BCUT2D eigenvalue weighted by Crippen LogP contribution is 2.34. The fourth-order valence-electron chi connectivity index (χ4n) is 2.36. The van der Waals surface area contributed by atoms with Gasteiger partial charge < -0.3 is 9.47 Å². The van der Waals surface area contributed by atoms with Gasteiger partial charge in [-0.3, -0.25) is 4.99 Å². The number of benzene rings is 1. The standard InChI is InChI=1S/C15H15N5O2S3/c1-21-10-4-3-9(7-11(10)22-2)13-19-20-12(17-18-14(20)25-13)8-24-15-16-5-6-23-15/h3-4,7H,5-6,8H2,1-2H3. The summed E-state index contributed by atoms with van der Waals surface area (Å²) in [6.45, 7) is 0.905. The van der Waals surface area contributed by atoms with Crippen LogP contribution >= 0.6 is 34.9 Å². The molecule has 3 heterocycles. The van der Waals surface area contributed by atoms with Crippen LogP contribution in [0.1, 0.15) is 5.82 Å². The second-order valence-corrected chi connectivity index (χ2v) is 8.33. The molecular formula is C15H15N5O2S3. The van der Waals surface area contributed by atoms with Crippen LogP contribution in [0.25, 0.3) is 15.5 Å². The van der Waals surface area contributed by atoms with Gasteiger partial charge in [0, 0.05) is 11.3 Å². The number of ether oxygens (including phenoxy) is 2. The molecule has 0 aliphatic carbocycles. The Kier molecular flexibility index (Phi) is 4.82. The minimum atomic E-state index is 0.679. The SMILES string of the molecule is COc1ccc(-c2nn3c(CSC4=NCCS4)nnc3s2)cc1OC. The Morgan fingerprint density at radius 3 is 2.84 bits per heavy atom. The van der Waals surface area contributed by atoms with Crippen LogP contribution in [0, 0.1) is 0 Å². The molecule has 0 radical (unpaired) electrons. The van der Waals surface area contributed by atoms with Gasteiger partial charge in [-0.05, 0) is 18.2 Å². The van der Waals surface area contributed by atoms with Crippen molar-refractivity contribution < 1.29 is 9.47 Å². The van der Waals surface area contributed by atoms with Crippen LogP contribution in [-0.4, -0.2) is 50.7 Å². The predicted molar refractivity (Wildman–Crippen MR) is 103 cm³/mol. The van der Waals surface area contributed by atoms with E-state index in [0.29, 0.717) is 17.3 Å². The number of hydrogen-bond acceptors (Lipinski definition) is 9. The van der Waals surface area contributed by atoms with Crippen molar-refractivity contribution in [1.82, 2.24) is 19.8 Å². The van der Waals surface area contributed by atoms with E-state index in [2.05, 4.69) is 20.3 Å². The molecule has 2 aromatic heterocycles. The summed E-state index contributed by atoms with van der Waals surface area (Å²) < 4.78 is 13.6. The van der Waals surface area contributed by atoms with Crippen LogP contribution in [0.2, 0.25) is 0 Å². The minimum Gasteiger partial charge on any atom is -0.493 e. The zero-order valence-corrected chi connectivity index (χ0v) is 16.1. The fraction of sp³-hybridized carbons (Fsp3) is 0.333. The lowest BCUT2D eigenvalue weighted by Gasteiger charge is -2.07. The van der Waals surface area contributed by atoms with Gasteiger partial charge in [-0.25, -0.2) is 0 Å². The molecule has 25 heavy (non-hydrogen) atoms. The van der Waals surface area contributed by atoms with Gasteiger partial charge >= 0.3 is 0 Å². The molecule has 4 rings (SSSR count). The van der Waals surface area contributed by atoms with E-state index < -0.39 is 0 Å². The van der Waals surface area contributed by atoms with E-state index in [-0.39, 0.29) is 0 Å². The molecule has 0 atom stereocenters. The summed E-state index contributed by atoms with van der Waals surface area (Å²) in [4.78, 5) is 5.22. The molecule has 0 saturated carbocycles. The Morgan fingerprint density at radius 2 is 2.08 bits per heavy atom. The number of rotatable bonds is 5. The molecule has 0 amide bonds. The van der Waals surface area contributed by atoms with Crippen molar-refractivity contribution in [3.63, 3.8) is 0 Å². The summed E-state index contributed by atoms with van der Waals surface area (Å²) in [5.74, 6) is 3.98. The molecule has 1 aromatic carbocycles. The Morgan fingerprint density at radius 1 is 1.20 bits per heavy atom. The fourth-order valence-corrected chi connectivity index (χ4v) is 5.13. The monoisotopic (exact) mass is 393 g/mol. The highest BCUT2D eigenvalue weighted by atomic mass is 32.2. The summed E-state index contributed by atoms with van der Waals surface area (Å²) >= 11 is 4.98. The Labute approximate surface area is 156 Å². The third-order valence-electron chi connectivity index (χ3n) is 3.57. The first kappa shape index (κ1) is 16.7. The van der Waals surface area contributed by atoms with Crippen molar-refractivity contribution in [1.29, 1.82) is 0 Å². The van der Waals surface area contributed by atoms with Gasteiger partial charge in [-0.1, -0.05) is 34.9 Å². The Bertz CT molecular complexity index is 937. The van der Waals surface area contributed by atoms with Crippen LogP contribution in [0.15, 0.2) is 23.2 Å². The smallest absolute Gasteiger partial charge is 0.235 e. The van der Waals surface area contributed by atoms with Gasteiger partial charge in [-0.2, -0.15) is 9.61 Å². The summed E-state index contributed by atoms with van der Waals surface area (Å²) in [6.07, 6.45) is 0. The normalized spacial score (nSPS) is 14.1. The van der Waals surface area contributed by atoms with Gasteiger partial charge in [0.05, 0.1) is 26.5 Å². The zero-order valence-electron chi connectivity index (χ0n) is 13.6. The number of hydrogen-bond donors (Lipinski definition) is 0. The molecule has 1 aliphatic heterocycles. The molecule has 0 bridgehead atoms. The van der Waals surface area contributed by atoms with Gasteiger partial charge in [0.15, 0.2) is 17.3 Å². The third kappa shape index (κ3) is 3.33. The van der Waals surface area contributed by atoms with Gasteiger partial charge in [-0.15, -0.1) is 10.2 Å². The molecule has 3 aromatic rings. The first-order chi connectivity index (χ1) is 12.3. The average molecular weight is 394 g/mol. The quantitative estimate of drug-likeness (QED) is 0.659. The number of fused-ring (bicyclic) bond motifs is 1. The topological polar surface area (TPSA) is 73.9 Å². The maximum atomic E-state index is 5.37. The summed E-state index contributed by atoms with van der Waals surface area (Å²) in [5, 5.41) is 14.0. The van der Waals surface area contributed by atoms with Crippen molar-refractivity contribution >= 4 is 44.2 Å². The molecular weight excluding hydrogens is 378 g/mol. The maximum Gasteiger partial charge on any atom is 0.235 e. The van der Waals surface area contributed by atoms with E-state index in [0.717, 1.165) is 38.0 Å². The molecule has 0 fully saturated rings. The second-order valence-electron chi connectivity index (χ2n) is 5.07. The molecule has 0 N–H and O–H groups in total. The molecule has 0 unspecified atom stereocenters. The van der Waals surface area contributed by atoms with Crippen LogP contribution in [0.5, 0.6) is 11.5 Å². The predicted octanol–water partition coefficient (Wildman–Crippen LogP) is 3.21. The summed E-state index contributed by atoms with van der Waals surface area (Å²) in [6, 6.07) is 5.76. The first-order valence-corrected chi connectivity index (χ1v) is 10.3. The van der Waals surface area contributed by atoms with Crippen molar-refractivity contribution in [2.24, 2.45) is 4.99 Å². The molecule has 10 heteroatoms. The summed E-state index contributed by atoms with van der Waals surface area (Å²) in [5.41, 5.74) is 0.961. The van der Waals surface area contributed by atoms with Crippen LogP contribution in [-0.2, 0) is 5.75 Å². The number of thioether (sulfide) groups is 2. The van der Waals surface area contributed by atoms with Crippen LogP contribution in [0.3, 0.4) is 0 Å². The molecule has 0 spiro atoms. The number of nitrogens with zero attached hydrogens (tertiary/aromatic N) is 5. The van der Waals surface area contributed by atoms with Crippen molar-refractivity contribution in [2.45, 2.75) is 5.75 Å². The lowest BCUT2D eigenvalue weighted by atomic mass is 10.2. The van der Waals surface area contributed by atoms with E-state index in [4.69, 9.17) is 9.47 Å². The molecule has 7 nitrogen and oxygen atoms in total. The third-order valence-corrected chi connectivity index (χ3v) is 6.76. The lowest BCUT2D eigenvalue weighted by Crippen LogP contribution is -1.96. The second kappa shape index (κ2) is 7.22. The molecule has 0 saturated heterocycles. The average Bonchev–Trinajstić information content (AvgIpc) is 3.36. The first-order valence-electron chi connectivity index (χ1n) is 7.52. The van der Waals surface area contributed by atoms with Crippen molar-refractivity contribution in [3.8, 4) is 22.1 Å².